The van der Waals surface area contributed by atoms with Crippen molar-refractivity contribution in [1.29, 1.82) is 0 Å². The Hall–Kier alpha value is -1.92. The Morgan fingerprint density at radius 1 is 1.00 bits per heavy atom. The maximum Gasteiger partial charge on any atom is 0.312 e. The minimum atomic E-state index is -0.613. The summed E-state index contributed by atoms with van der Waals surface area (Å²) >= 11 is 0. The molecule has 1 fully saturated rings. The summed E-state index contributed by atoms with van der Waals surface area (Å²) < 4.78 is 15.1. The molecule has 0 aliphatic heterocycles. The second-order valence-electron chi connectivity index (χ2n) is 7.07. The summed E-state index contributed by atoms with van der Waals surface area (Å²) in [5.41, 5.74) is 0. The summed E-state index contributed by atoms with van der Waals surface area (Å²) in [7, 11) is 1.31. The van der Waals surface area contributed by atoms with E-state index in [2.05, 4.69) is 0 Å². The van der Waals surface area contributed by atoms with E-state index in [9.17, 15) is 19.2 Å². The van der Waals surface area contributed by atoms with E-state index < -0.39 is 24.0 Å². The summed E-state index contributed by atoms with van der Waals surface area (Å²) in [5.74, 6) is -2.17. The van der Waals surface area contributed by atoms with Gasteiger partial charge in [-0.2, -0.15) is 0 Å². The van der Waals surface area contributed by atoms with Crippen LogP contribution in [0.15, 0.2) is 0 Å². The van der Waals surface area contributed by atoms with Gasteiger partial charge in [0, 0.05) is 19.3 Å². The molecule has 154 valence electrons. The van der Waals surface area contributed by atoms with Gasteiger partial charge in [-0.25, -0.2) is 0 Å². The normalized spacial score (nSPS) is 24.3. The maximum absolute atomic E-state index is 12.3. The molecule has 0 radical (unpaired) electrons. The molecule has 27 heavy (non-hydrogen) atoms. The quantitative estimate of drug-likeness (QED) is 0.307. The summed E-state index contributed by atoms with van der Waals surface area (Å²) in [5, 5.41) is 0. The highest BCUT2D eigenvalue weighted by atomic mass is 16.6. The average molecular weight is 384 g/mol. The van der Waals surface area contributed by atoms with Crippen LogP contribution in [0, 0.1) is 17.8 Å². The van der Waals surface area contributed by atoms with Gasteiger partial charge in [-0.1, -0.05) is 19.3 Å². The highest BCUT2D eigenvalue weighted by Crippen LogP contribution is 2.43. The van der Waals surface area contributed by atoms with E-state index >= 15 is 0 Å². The number of carbonyl (C=O) groups is 4. The molecule has 0 N–H and O–H groups in total. The molecule has 0 saturated heterocycles. The fraction of sp³-hybridized carbons (Fsp3) is 0.800. The van der Waals surface area contributed by atoms with Gasteiger partial charge in [0.2, 0.25) is 0 Å². The van der Waals surface area contributed by atoms with Crippen molar-refractivity contribution >= 4 is 23.7 Å². The van der Waals surface area contributed by atoms with E-state index in [0.717, 1.165) is 25.7 Å². The van der Waals surface area contributed by atoms with E-state index in [4.69, 9.17) is 14.2 Å². The molecule has 1 rings (SSSR count). The van der Waals surface area contributed by atoms with Gasteiger partial charge in [0.1, 0.15) is 11.9 Å². The molecule has 4 atom stereocenters. The zero-order chi connectivity index (χ0) is 20.4. The Morgan fingerprint density at radius 3 is 2.22 bits per heavy atom. The molecule has 4 unspecified atom stereocenters. The third kappa shape index (κ3) is 7.31. The van der Waals surface area contributed by atoms with Crippen LogP contribution in [-0.2, 0) is 33.4 Å². The van der Waals surface area contributed by atoms with Gasteiger partial charge in [0.05, 0.1) is 19.6 Å². The molecule has 1 aliphatic carbocycles. The van der Waals surface area contributed by atoms with Crippen LogP contribution in [0.5, 0.6) is 0 Å². The van der Waals surface area contributed by atoms with Crippen LogP contribution in [-0.4, -0.2) is 43.5 Å². The third-order valence-corrected chi connectivity index (χ3v) is 5.15. The molecule has 1 aliphatic rings. The smallest absolute Gasteiger partial charge is 0.312 e. The van der Waals surface area contributed by atoms with Crippen LogP contribution in [0.25, 0.3) is 0 Å². The topological polar surface area (TPSA) is 96.0 Å². The van der Waals surface area contributed by atoms with Gasteiger partial charge in [0.15, 0.2) is 0 Å². The SMILES string of the molecule is CCOC(=O)CCCCCCC1C(C(C)=O)CC(OC(C)=O)C1C(=O)OC. The van der Waals surface area contributed by atoms with Crippen LogP contribution in [0.1, 0.15) is 65.7 Å². The molecule has 0 aromatic rings. The highest BCUT2D eigenvalue weighted by Gasteiger charge is 2.50. The van der Waals surface area contributed by atoms with Gasteiger partial charge < -0.3 is 14.2 Å². The number of hydrogen-bond acceptors (Lipinski definition) is 7. The predicted octanol–water partition coefficient (Wildman–Crippen LogP) is 2.84. The molecule has 0 heterocycles. The second kappa shape index (κ2) is 11.7. The Bertz CT molecular complexity index is 528. The van der Waals surface area contributed by atoms with Crippen LogP contribution in [0.4, 0.5) is 0 Å². The third-order valence-electron chi connectivity index (χ3n) is 5.15. The summed E-state index contributed by atoms with van der Waals surface area (Å²) in [4.78, 5) is 47.1. The average Bonchev–Trinajstić information content (AvgIpc) is 2.95. The van der Waals surface area contributed by atoms with Crippen molar-refractivity contribution in [3.8, 4) is 0 Å². The summed E-state index contributed by atoms with van der Waals surface area (Å²) in [6.45, 7) is 4.99. The number of esters is 3. The van der Waals surface area contributed by atoms with Gasteiger partial charge in [0.25, 0.3) is 0 Å². The van der Waals surface area contributed by atoms with Gasteiger partial charge in [-0.05, 0) is 39.0 Å². The van der Waals surface area contributed by atoms with Crippen molar-refractivity contribution < 1.29 is 33.4 Å². The standard InChI is InChI=1S/C20H32O7/c1-5-26-18(23)11-9-7-6-8-10-15-16(13(2)21)12-17(27-14(3)22)19(15)20(24)25-4/h15-17,19H,5-12H2,1-4H3. The van der Waals surface area contributed by atoms with Crippen molar-refractivity contribution in [2.24, 2.45) is 17.8 Å². The van der Waals surface area contributed by atoms with Gasteiger partial charge >= 0.3 is 17.9 Å². The van der Waals surface area contributed by atoms with Crippen molar-refractivity contribution in [1.82, 2.24) is 0 Å². The number of Topliss-reactive ketones (excluding diaryl/α,β-unsaturated/α-hetero) is 1. The van der Waals surface area contributed by atoms with E-state index in [-0.39, 0.29) is 23.6 Å². The molecule has 7 heteroatoms. The first-order valence-electron chi connectivity index (χ1n) is 9.72. The number of unbranched alkanes of at least 4 members (excludes halogenated alkanes) is 3. The fourth-order valence-electron chi connectivity index (χ4n) is 3.98. The van der Waals surface area contributed by atoms with Crippen molar-refractivity contribution in [2.45, 2.75) is 71.8 Å². The van der Waals surface area contributed by atoms with Gasteiger partial charge in [-0.15, -0.1) is 0 Å². The highest BCUT2D eigenvalue weighted by molar-refractivity contribution is 5.82. The van der Waals surface area contributed by atoms with Crippen LogP contribution < -0.4 is 0 Å². The molecular formula is C20H32O7. The number of rotatable bonds is 11. The lowest BCUT2D eigenvalue weighted by molar-refractivity contribution is -0.158. The fourth-order valence-corrected chi connectivity index (χ4v) is 3.98. The first kappa shape index (κ1) is 23.1. The molecule has 0 aromatic carbocycles. The molecule has 0 spiro atoms. The Balaban J connectivity index is 2.61. The minimum absolute atomic E-state index is 0.00543. The Kier molecular flexibility index (Phi) is 10.0. The van der Waals surface area contributed by atoms with E-state index in [1.54, 1.807) is 6.92 Å². The molecule has 1 saturated carbocycles. The number of ketones is 1. The first-order valence-corrected chi connectivity index (χ1v) is 9.72. The van der Waals surface area contributed by atoms with Crippen LogP contribution >= 0.6 is 0 Å². The van der Waals surface area contributed by atoms with Crippen molar-refractivity contribution in [2.75, 3.05) is 13.7 Å². The lowest BCUT2D eigenvalue weighted by Crippen LogP contribution is -2.33. The van der Waals surface area contributed by atoms with Crippen molar-refractivity contribution in [3.05, 3.63) is 0 Å². The largest absolute Gasteiger partial charge is 0.469 e. The molecular weight excluding hydrogens is 352 g/mol. The van der Waals surface area contributed by atoms with Crippen molar-refractivity contribution in [3.63, 3.8) is 0 Å². The second-order valence-corrected chi connectivity index (χ2v) is 7.07. The molecule has 0 aromatic heterocycles. The summed E-state index contributed by atoms with van der Waals surface area (Å²) in [6, 6.07) is 0. The number of methoxy groups -OCH3 is 1. The molecule has 0 amide bonds. The molecule has 7 nitrogen and oxygen atoms in total. The summed E-state index contributed by atoms with van der Waals surface area (Å²) in [6.07, 6.45) is 4.21. The zero-order valence-corrected chi connectivity index (χ0v) is 16.8. The van der Waals surface area contributed by atoms with Crippen LogP contribution in [0.3, 0.4) is 0 Å². The molecule has 0 bridgehead atoms. The maximum atomic E-state index is 12.3. The van der Waals surface area contributed by atoms with Crippen LogP contribution in [0.2, 0.25) is 0 Å². The van der Waals surface area contributed by atoms with E-state index in [1.165, 1.54) is 21.0 Å². The zero-order valence-electron chi connectivity index (χ0n) is 16.8. The van der Waals surface area contributed by atoms with E-state index in [1.807, 2.05) is 0 Å². The Labute approximate surface area is 161 Å². The monoisotopic (exact) mass is 384 g/mol. The first-order chi connectivity index (χ1) is 12.8. The van der Waals surface area contributed by atoms with Gasteiger partial charge in [-0.3, -0.25) is 19.2 Å². The number of hydrogen-bond donors (Lipinski definition) is 0. The minimum Gasteiger partial charge on any atom is -0.469 e. The van der Waals surface area contributed by atoms with E-state index in [0.29, 0.717) is 25.9 Å². The Morgan fingerprint density at radius 2 is 1.67 bits per heavy atom. The lowest BCUT2D eigenvalue weighted by Gasteiger charge is -2.23. The lowest BCUT2D eigenvalue weighted by atomic mass is 9.82. The predicted molar refractivity (Wildman–Crippen MR) is 97.7 cm³/mol. The number of carbonyl (C=O) groups excluding carboxylic acids is 4. The number of ether oxygens (including phenoxy) is 3.